The van der Waals surface area contributed by atoms with Crippen LogP contribution < -0.4 is 0 Å². The molecule has 0 fully saturated rings. The van der Waals surface area contributed by atoms with Gasteiger partial charge in [0.2, 0.25) is 0 Å². The van der Waals surface area contributed by atoms with Crippen molar-refractivity contribution >= 4 is 16.9 Å². The highest BCUT2D eigenvalue weighted by atomic mass is 32.1. The maximum absolute atomic E-state index is 2.39. The Morgan fingerprint density at radius 1 is 1.36 bits per heavy atom. The molecular weight excluding hydrogens is 188 g/mol. The Hall–Kier alpha value is -0.560. The SMILES string of the molecule is CC(C)/C(=C\C(C)(C)C)c1cccs1. The lowest BCUT2D eigenvalue weighted by atomic mass is 9.89. The van der Waals surface area contributed by atoms with E-state index in [1.807, 2.05) is 11.3 Å². The van der Waals surface area contributed by atoms with Crippen molar-refractivity contribution in [3.05, 3.63) is 28.5 Å². The molecule has 0 aliphatic rings. The first-order chi connectivity index (χ1) is 6.40. The molecule has 0 aliphatic heterocycles. The summed E-state index contributed by atoms with van der Waals surface area (Å²) in [4.78, 5) is 1.41. The molecule has 0 atom stereocenters. The summed E-state index contributed by atoms with van der Waals surface area (Å²) in [5, 5.41) is 2.15. The third-order valence-electron chi connectivity index (χ3n) is 2.02. The molecule has 0 saturated heterocycles. The predicted octanol–water partition coefficient (Wildman–Crippen LogP) is 4.83. The van der Waals surface area contributed by atoms with E-state index in [4.69, 9.17) is 0 Å². The van der Waals surface area contributed by atoms with E-state index < -0.39 is 0 Å². The van der Waals surface area contributed by atoms with Gasteiger partial charge in [0.15, 0.2) is 0 Å². The Morgan fingerprint density at radius 2 is 2.00 bits per heavy atom. The highest BCUT2D eigenvalue weighted by molar-refractivity contribution is 7.11. The second kappa shape index (κ2) is 4.31. The Kier molecular flexibility index (Phi) is 3.54. The summed E-state index contributed by atoms with van der Waals surface area (Å²) in [7, 11) is 0. The first-order valence-electron chi connectivity index (χ1n) is 5.17. The van der Waals surface area contributed by atoms with Crippen molar-refractivity contribution in [2.24, 2.45) is 11.3 Å². The zero-order valence-corrected chi connectivity index (χ0v) is 10.6. The number of rotatable bonds is 2. The summed E-state index contributed by atoms with van der Waals surface area (Å²) in [5.74, 6) is 0.605. The first-order valence-corrected chi connectivity index (χ1v) is 6.05. The summed E-state index contributed by atoms with van der Waals surface area (Å²) < 4.78 is 0. The molecule has 1 heterocycles. The molecule has 1 aromatic heterocycles. The molecule has 0 spiro atoms. The molecule has 0 N–H and O–H groups in total. The van der Waals surface area contributed by atoms with Crippen LogP contribution in [-0.2, 0) is 0 Å². The van der Waals surface area contributed by atoms with E-state index in [0.717, 1.165) is 0 Å². The van der Waals surface area contributed by atoms with Gasteiger partial charge in [-0.3, -0.25) is 0 Å². The minimum absolute atomic E-state index is 0.267. The number of allylic oxidation sites excluding steroid dienone is 2. The highest BCUT2D eigenvalue weighted by Gasteiger charge is 2.13. The summed E-state index contributed by atoms with van der Waals surface area (Å²) in [6.07, 6.45) is 2.39. The van der Waals surface area contributed by atoms with Crippen LogP contribution in [0.5, 0.6) is 0 Å². The molecule has 1 aromatic rings. The predicted molar refractivity (Wildman–Crippen MR) is 66.6 cm³/mol. The zero-order valence-electron chi connectivity index (χ0n) is 9.79. The van der Waals surface area contributed by atoms with Crippen molar-refractivity contribution in [3.8, 4) is 0 Å². The van der Waals surface area contributed by atoms with Crippen LogP contribution in [0.4, 0.5) is 0 Å². The van der Waals surface area contributed by atoms with Crippen molar-refractivity contribution in [2.45, 2.75) is 34.6 Å². The zero-order chi connectivity index (χ0) is 10.8. The molecular formula is C13H20S. The molecule has 0 aromatic carbocycles. The molecule has 14 heavy (non-hydrogen) atoms. The lowest BCUT2D eigenvalue weighted by Gasteiger charge is -2.18. The number of hydrogen-bond donors (Lipinski definition) is 0. The lowest BCUT2D eigenvalue weighted by molar-refractivity contribution is 0.542. The van der Waals surface area contributed by atoms with Crippen LogP contribution in [0.1, 0.15) is 39.5 Å². The van der Waals surface area contributed by atoms with Crippen LogP contribution in [0, 0.1) is 11.3 Å². The fourth-order valence-electron chi connectivity index (χ4n) is 1.43. The normalized spacial score (nSPS) is 13.7. The average molecular weight is 208 g/mol. The molecule has 78 valence electrons. The molecule has 0 unspecified atom stereocenters. The maximum atomic E-state index is 2.39. The van der Waals surface area contributed by atoms with Gasteiger partial charge >= 0.3 is 0 Å². The van der Waals surface area contributed by atoms with E-state index in [0.29, 0.717) is 5.92 Å². The van der Waals surface area contributed by atoms with Gasteiger partial charge in [-0.1, -0.05) is 46.8 Å². The quantitative estimate of drug-likeness (QED) is 0.653. The second-order valence-corrected chi connectivity index (χ2v) is 6.05. The van der Waals surface area contributed by atoms with Crippen molar-refractivity contribution in [2.75, 3.05) is 0 Å². The van der Waals surface area contributed by atoms with Crippen LogP contribution in [0.3, 0.4) is 0 Å². The summed E-state index contributed by atoms with van der Waals surface area (Å²) in [6.45, 7) is 11.3. The average Bonchev–Trinajstić information content (AvgIpc) is 2.49. The maximum Gasteiger partial charge on any atom is 0.0301 e. The molecule has 0 nitrogen and oxygen atoms in total. The van der Waals surface area contributed by atoms with Crippen LogP contribution in [0.15, 0.2) is 23.6 Å². The smallest absolute Gasteiger partial charge is 0.0301 e. The van der Waals surface area contributed by atoms with Gasteiger partial charge in [0.1, 0.15) is 0 Å². The second-order valence-electron chi connectivity index (χ2n) is 5.10. The van der Waals surface area contributed by atoms with Gasteiger partial charge in [-0.2, -0.15) is 0 Å². The van der Waals surface area contributed by atoms with Crippen LogP contribution in [-0.4, -0.2) is 0 Å². The van der Waals surface area contributed by atoms with Crippen molar-refractivity contribution in [1.29, 1.82) is 0 Å². The molecule has 0 amide bonds. The molecule has 0 bridgehead atoms. The van der Waals surface area contributed by atoms with Gasteiger partial charge in [-0.15, -0.1) is 11.3 Å². The van der Waals surface area contributed by atoms with Crippen LogP contribution >= 0.6 is 11.3 Å². The monoisotopic (exact) mass is 208 g/mol. The fraction of sp³-hybridized carbons (Fsp3) is 0.538. The molecule has 0 aliphatic carbocycles. The van der Waals surface area contributed by atoms with Gasteiger partial charge in [-0.25, -0.2) is 0 Å². The van der Waals surface area contributed by atoms with Crippen LogP contribution in [0.25, 0.3) is 5.57 Å². The Balaban J connectivity index is 3.03. The van der Waals surface area contributed by atoms with Gasteiger partial charge in [0.05, 0.1) is 0 Å². The van der Waals surface area contributed by atoms with E-state index in [1.165, 1.54) is 10.5 Å². The Bertz CT molecular complexity index is 296. The Labute approximate surface area is 91.7 Å². The van der Waals surface area contributed by atoms with Gasteiger partial charge in [0, 0.05) is 4.88 Å². The molecule has 0 radical (unpaired) electrons. The third-order valence-corrected chi connectivity index (χ3v) is 2.94. The third kappa shape index (κ3) is 3.30. The van der Waals surface area contributed by atoms with E-state index in [-0.39, 0.29) is 5.41 Å². The largest absolute Gasteiger partial charge is 0.144 e. The van der Waals surface area contributed by atoms with E-state index in [9.17, 15) is 0 Å². The standard InChI is InChI=1S/C13H20S/c1-10(2)11(9-13(3,4)5)12-7-6-8-14-12/h6-10H,1-5H3/b11-9+. The van der Waals surface area contributed by atoms with Crippen molar-refractivity contribution < 1.29 is 0 Å². The van der Waals surface area contributed by atoms with E-state index >= 15 is 0 Å². The van der Waals surface area contributed by atoms with Crippen LogP contribution in [0.2, 0.25) is 0 Å². The summed E-state index contributed by atoms with van der Waals surface area (Å²) in [6, 6.07) is 4.33. The van der Waals surface area contributed by atoms with E-state index in [2.05, 4.69) is 58.2 Å². The lowest BCUT2D eigenvalue weighted by Crippen LogP contribution is -2.03. The number of hydrogen-bond acceptors (Lipinski definition) is 1. The van der Waals surface area contributed by atoms with Crippen molar-refractivity contribution in [3.63, 3.8) is 0 Å². The Morgan fingerprint density at radius 3 is 2.36 bits per heavy atom. The van der Waals surface area contributed by atoms with Gasteiger partial charge < -0.3 is 0 Å². The topological polar surface area (TPSA) is 0 Å². The number of thiophene rings is 1. The van der Waals surface area contributed by atoms with Crippen molar-refractivity contribution in [1.82, 2.24) is 0 Å². The summed E-state index contributed by atoms with van der Waals surface area (Å²) >= 11 is 1.83. The minimum Gasteiger partial charge on any atom is -0.144 e. The van der Waals surface area contributed by atoms with Gasteiger partial charge in [0.25, 0.3) is 0 Å². The fourth-order valence-corrected chi connectivity index (χ4v) is 2.32. The van der Waals surface area contributed by atoms with E-state index in [1.54, 1.807) is 0 Å². The first kappa shape index (κ1) is 11.5. The molecule has 0 saturated carbocycles. The molecule has 1 rings (SSSR count). The molecule has 1 heteroatoms. The van der Waals surface area contributed by atoms with Gasteiger partial charge in [-0.05, 0) is 28.4 Å². The highest BCUT2D eigenvalue weighted by Crippen LogP contribution is 2.31. The minimum atomic E-state index is 0.267. The summed E-state index contributed by atoms with van der Waals surface area (Å²) in [5.41, 5.74) is 1.75.